The number of benzene rings is 1. The zero-order valence-electron chi connectivity index (χ0n) is 8.51. The third-order valence-electron chi connectivity index (χ3n) is 1.94. The predicted molar refractivity (Wildman–Crippen MR) is 63.9 cm³/mol. The van der Waals surface area contributed by atoms with Gasteiger partial charge >= 0.3 is 0 Å². The molecule has 1 nitrogen and oxygen atoms in total. The molecule has 1 rings (SSSR count). The number of aryl methyl sites for hydroxylation is 1. The lowest BCUT2D eigenvalue weighted by Crippen LogP contribution is -1.99. The average molecular weight is 231 g/mol. The number of rotatable bonds is 4. The molecule has 0 aliphatic carbocycles. The quantitative estimate of drug-likeness (QED) is 0.770. The first-order valence-corrected chi connectivity index (χ1v) is 5.65. The van der Waals surface area contributed by atoms with E-state index in [-0.39, 0.29) is 0 Å². The van der Waals surface area contributed by atoms with E-state index in [0.29, 0.717) is 0 Å². The molecule has 0 atom stereocenters. The van der Waals surface area contributed by atoms with Gasteiger partial charge in [-0.15, -0.1) is 12.6 Å². The summed E-state index contributed by atoms with van der Waals surface area (Å²) in [6.45, 7) is 4.89. The Hall–Kier alpha value is -0.340. The molecule has 1 aromatic carbocycles. The zero-order chi connectivity index (χ0) is 10.6. The molecule has 0 aliphatic rings. The summed E-state index contributed by atoms with van der Waals surface area (Å²) in [6, 6.07) is 3.75. The van der Waals surface area contributed by atoms with Gasteiger partial charge < -0.3 is 4.74 Å². The van der Waals surface area contributed by atoms with E-state index in [4.69, 9.17) is 16.3 Å². The van der Waals surface area contributed by atoms with Crippen LogP contribution in [0.3, 0.4) is 0 Å². The van der Waals surface area contributed by atoms with Crippen LogP contribution < -0.4 is 4.74 Å². The van der Waals surface area contributed by atoms with E-state index < -0.39 is 0 Å². The first-order valence-electron chi connectivity index (χ1n) is 4.83. The van der Waals surface area contributed by atoms with Gasteiger partial charge in [0.25, 0.3) is 0 Å². The highest BCUT2D eigenvalue weighted by molar-refractivity contribution is 7.80. The minimum atomic E-state index is 0.718. The van der Waals surface area contributed by atoms with Crippen LogP contribution in [0.15, 0.2) is 17.0 Å². The summed E-state index contributed by atoms with van der Waals surface area (Å²) in [5.41, 5.74) is 1.12. The van der Waals surface area contributed by atoms with Gasteiger partial charge in [-0.2, -0.15) is 0 Å². The van der Waals surface area contributed by atoms with Crippen LogP contribution in [0.4, 0.5) is 0 Å². The minimum Gasteiger partial charge on any atom is -0.492 e. The molecule has 0 bridgehead atoms. The van der Waals surface area contributed by atoms with E-state index in [1.165, 1.54) is 0 Å². The Morgan fingerprint density at radius 3 is 2.64 bits per heavy atom. The molecule has 0 aliphatic heterocycles. The normalized spacial score (nSPS) is 10.3. The van der Waals surface area contributed by atoms with Crippen molar-refractivity contribution in [2.24, 2.45) is 0 Å². The van der Waals surface area contributed by atoms with Crippen molar-refractivity contribution in [2.45, 2.75) is 31.6 Å². The van der Waals surface area contributed by atoms with Crippen LogP contribution >= 0.6 is 24.2 Å². The van der Waals surface area contributed by atoms with E-state index in [0.717, 1.165) is 40.7 Å². The van der Waals surface area contributed by atoms with E-state index in [2.05, 4.69) is 26.5 Å². The van der Waals surface area contributed by atoms with Crippen LogP contribution in [0, 0.1) is 0 Å². The predicted octanol–water partition coefficient (Wildman–Crippen LogP) is 3.98. The van der Waals surface area contributed by atoms with Crippen molar-refractivity contribution in [2.75, 3.05) is 6.61 Å². The number of hydrogen-bond donors (Lipinski definition) is 1. The van der Waals surface area contributed by atoms with Crippen LogP contribution in [-0.4, -0.2) is 6.61 Å². The minimum absolute atomic E-state index is 0.718. The van der Waals surface area contributed by atoms with Crippen molar-refractivity contribution >= 4 is 24.2 Å². The first kappa shape index (κ1) is 11.7. The van der Waals surface area contributed by atoms with Crippen molar-refractivity contribution in [3.8, 4) is 5.75 Å². The summed E-state index contributed by atoms with van der Waals surface area (Å²) < 4.78 is 5.63. The van der Waals surface area contributed by atoms with E-state index in [1.807, 2.05) is 12.1 Å². The summed E-state index contributed by atoms with van der Waals surface area (Å²) in [4.78, 5) is 0.822. The topological polar surface area (TPSA) is 9.23 Å². The number of halogens is 1. The molecular weight excluding hydrogens is 216 g/mol. The van der Waals surface area contributed by atoms with Gasteiger partial charge in [0.2, 0.25) is 0 Å². The average Bonchev–Trinajstić information content (AvgIpc) is 2.15. The van der Waals surface area contributed by atoms with E-state index >= 15 is 0 Å². The maximum Gasteiger partial charge on any atom is 0.135 e. The van der Waals surface area contributed by atoms with Crippen molar-refractivity contribution < 1.29 is 4.74 Å². The van der Waals surface area contributed by atoms with E-state index in [1.54, 1.807) is 0 Å². The fourth-order valence-corrected chi connectivity index (χ4v) is 1.93. The SMILES string of the molecule is CCCOc1c(S)cc(Cl)cc1CC. The maximum absolute atomic E-state index is 5.93. The second-order valence-electron chi connectivity index (χ2n) is 3.12. The Labute approximate surface area is 95.8 Å². The highest BCUT2D eigenvalue weighted by Gasteiger charge is 2.07. The van der Waals surface area contributed by atoms with Crippen molar-refractivity contribution in [1.82, 2.24) is 0 Å². The number of hydrogen-bond acceptors (Lipinski definition) is 2. The molecule has 0 unspecified atom stereocenters. The molecule has 0 aromatic heterocycles. The lowest BCUT2D eigenvalue weighted by Gasteiger charge is -2.12. The van der Waals surface area contributed by atoms with Crippen LogP contribution in [0.25, 0.3) is 0 Å². The Balaban J connectivity index is 2.99. The molecule has 0 saturated carbocycles. The lowest BCUT2D eigenvalue weighted by atomic mass is 10.1. The third kappa shape index (κ3) is 2.82. The number of ether oxygens (including phenoxy) is 1. The van der Waals surface area contributed by atoms with Crippen LogP contribution in [0.1, 0.15) is 25.8 Å². The monoisotopic (exact) mass is 230 g/mol. The largest absolute Gasteiger partial charge is 0.492 e. The van der Waals surface area contributed by atoms with Gasteiger partial charge in [-0.3, -0.25) is 0 Å². The lowest BCUT2D eigenvalue weighted by molar-refractivity contribution is 0.307. The summed E-state index contributed by atoms with van der Waals surface area (Å²) in [5.74, 6) is 0.877. The Kier molecular flexibility index (Phi) is 4.63. The van der Waals surface area contributed by atoms with Crippen molar-refractivity contribution in [3.63, 3.8) is 0 Å². The standard InChI is InChI=1S/C11H15ClOS/c1-3-5-13-11-8(4-2)6-9(12)7-10(11)14/h6-7,14H,3-5H2,1-2H3. The second kappa shape index (κ2) is 5.52. The molecule has 14 heavy (non-hydrogen) atoms. The van der Waals surface area contributed by atoms with Gasteiger partial charge in [0.05, 0.1) is 6.61 Å². The molecule has 3 heteroatoms. The molecule has 0 N–H and O–H groups in total. The van der Waals surface area contributed by atoms with Crippen molar-refractivity contribution in [1.29, 1.82) is 0 Å². The van der Waals surface area contributed by atoms with Gasteiger partial charge in [0.15, 0.2) is 0 Å². The molecule has 0 saturated heterocycles. The van der Waals surface area contributed by atoms with Crippen LogP contribution in [0.5, 0.6) is 5.75 Å². The zero-order valence-corrected chi connectivity index (χ0v) is 10.2. The number of thiol groups is 1. The summed E-state index contributed by atoms with van der Waals surface area (Å²) in [6.07, 6.45) is 1.91. The summed E-state index contributed by atoms with van der Waals surface area (Å²) in [7, 11) is 0. The fourth-order valence-electron chi connectivity index (χ4n) is 1.27. The third-order valence-corrected chi connectivity index (χ3v) is 2.49. The van der Waals surface area contributed by atoms with Gasteiger partial charge in [-0.25, -0.2) is 0 Å². The van der Waals surface area contributed by atoms with Crippen molar-refractivity contribution in [3.05, 3.63) is 22.7 Å². The molecule has 0 radical (unpaired) electrons. The molecule has 0 fully saturated rings. The Morgan fingerprint density at radius 2 is 2.07 bits per heavy atom. The highest BCUT2D eigenvalue weighted by atomic mass is 35.5. The molecule has 0 heterocycles. The smallest absolute Gasteiger partial charge is 0.135 e. The summed E-state index contributed by atoms with van der Waals surface area (Å²) >= 11 is 10.3. The Morgan fingerprint density at radius 1 is 1.36 bits per heavy atom. The van der Waals surface area contributed by atoms with E-state index in [9.17, 15) is 0 Å². The fraction of sp³-hybridized carbons (Fsp3) is 0.455. The molecule has 0 spiro atoms. The second-order valence-corrected chi connectivity index (χ2v) is 4.03. The van der Waals surface area contributed by atoms with Gasteiger partial charge in [0.1, 0.15) is 5.75 Å². The molecule has 0 amide bonds. The van der Waals surface area contributed by atoms with Crippen LogP contribution in [-0.2, 0) is 6.42 Å². The maximum atomic E-state index is 5.93. The van der Waals surface area contributed by atoms with Gasteiger partial charge in [-0.1, -0.05) is 25.4 Å². The molecule has 1 aromatic rings. The van der Waals surface area contributed by atoms with Crippen LogP contribution in [0.2, 0.25) is 5.02 Å². The molecule has 78 valence electrons. The molecular formula is C11H15ClOS. The van der Waals surface area contributed by atoms with Gasteiger partial charge in [0, 0.05) is 9.92 Å². The van der Waals surface area contributed by atoms with Gasteiger partial charge in [-0.05, 0) is 30.5 Å². The highest BCUT2D eigenvalue weighted by Crippen LogP contribution is 2.31. The summed E-state index contributed by atoms with van der Waals surface area (Å²) in [5, 5.41) is 0.718. The first-order chi connectivity index (χ1) is 6.69. The Bertz CT molecular complexity index is 312.